The summed E-state index contributed by atoms with van der Waals surface area (Å²) in [6.07, 6.45) is 46.0. The summed E-state index contributed by atoms with van der Waals surface area (Å²) in [4.78, 5) is 67.6. The van der Waals surface area contributed by atoms with Crippen molar-refractivity contribution in [2.24, 2.45) is 56.4 Å². The highest BCUT2D eigenvalue weighted by Crippen LogP contribution is 2.32. The Morgan fingerprint density at radius 3 is 0.759 bits per heavy atom. The monoisotopic (exact) mass is 1460 g/mol. The van der Waals surface area contributed by atoms with Gasteiger partial charge in [0.15, 0.2) is 0 Å². The van der Waals surface area contributed by atoms with Crippen LogP contribution in [0.4, 0.5) is 0 Å². The first-order valence-corrected chi connectivity index (χ1v) is 36.1. The highest BCUT2D eigenvalue weighted by Gasteiger charge is 2.15. The quantitative estimate of drug-likeness (QED) is 0.137. The van der Waals surface area contributed by atoms with Crippen LogP contribution >= 0.6 is 0 Å². The molecule has 24 rings (SSSR count). The van der Waals surface area contributed by atoms with Gasteiger partial charge in [-0.25, -0.2) is 19.9 Å². The highest BCUT2D eigenvalue weighted by molar-refractivity contribution is 6.11. The number of rotatable bonds is 0. The molecule has 0 fully saturated rings. The molecule has 112 heavy (non-hydrogen) atoms. The molecule has 0 saturated carbocycles. The minimum absolute atomic E-state index is 0.977. The standard InChI is InChI=1S/8C11H9N3/c1-14-10-2-4-12-6-8(10)9-7-13-5-3-11(9)14;1-14-10-3-5-12-6-9(10)8-2-4-13-7-11(8)14;1-14-10-6-12-4-2-8(10)9-3-5-13-7-11(9)14;1-14-9-5-3-6-12-10(9)8-4-2-7-13-11(8)14;1-14-8-4-2-6-12-10(8)11-9(14)5-3-7-13-11;2*1-14-10-7-12-6-4-8(10)9-3-2-5-13-11(9)14;1-14-10-4-6-12-7-9(10)8-3-2-5-13-11(8)14/h8*2-7H,1H3. The molecule has 24 aromatic rings. The zero-order valence-electron chi connectivity index (χ0n) is 62.4. The van der Waals surface area contributed by atoms with E-state index in [2.05, 4.69) is 166 Å². The zero-order valence-corrected chi connectivity index (χ0v) is 62.4. The Labute approximate surface area is 639 Å². The molecule has 0 aliphatic heterocycles. The van der Waals surface area contributed by atoms with Gasteiger partial charge in [0.05, 0.1) is 103 Å². The van der Waals surface area contributed by atoms with Crippen molar-refractivity contribution in [3.63, 3.8) is 0 Å². The molecule has 0 saturated heterocycles. The van der Waals surface area contributed by atoms with Crippen LogP contribution in [0.5, 0.6) is 0 Å². The van der Waals surface area contributed by atoms with Crippen molar-refractivity contribution in [2.75, 3.05) is 0 Å². The van der Waals surface area contributed by atoms with E-state index >= 15 is 0 Å². The fourth-order valence-electron chi connectivity index (χ4n) is 15.0. The van der Waals surface area contributed by atoms with Crippen LogP contribution in [-0.2, 0) is 56.4 Å². The molecule has 544 valence electrons. The molecule has 0 bridgehead atoms. The van der Waals surface area contributed by atoms with Crippen LogP contribution in [0.3, 0.4) is 0 Å². The average Bonchev–Trinajstić information content (AvgIpc) is 1.70. The van der Waals surface area contributed by atoms with E-state index in [1.165, 1.54) is 65.2 Å². The number of hydrogen-bond acceptors (Lipinski definition) is 16. The molecule has 0 aliphatic carbocycles. The van der Waals surface area contributed by atoms with Gasteiger partial charge in [0, 0.05) is 250 Å². The fourth-order valence-corrected chi connectivity index (χ4v) is 15.0. The van der Waals surface area contributed by atoms with E-state index in [0.29, 0.717) is 0 Å². The average molecular weight is 1470 g/mol. The normalized spacial score (nSPS) is 11.2. The Hall–Kier alpha value is -15.2. The van der Waals surface area contributed by atoms with Crippen molar-refractivity contribution in [2.45, 2.75) is 0 Å². The van der Waals surface area contributed by atoms with Gasteiger partial charge in [-0.3, -0.25) is 59.8 Å². The molecule has 0 aromatic carbocycles. The third-order valence-corrected chi connectivity index (χ3v) is 20.5. The molecule has 24 heteroatoms. The van der Waals surface area contributed by atoms with Crippen molar-refractivity contribution in [1.29, 1.82) is 0 Å². The summed E-state index contributed by atoms with van der Waals surface area (Å²) in [6.45, 7) is 0. The number of pyridine rings is 16. The Balaban J connectivity index is 0.0000000929. The minimum atomic E-state index is 0.977. The van der Waals surface area contributed by atoms with Crippen molar-refractivity contribution >= 4 is 175 Å². The number of aromatic nitrogens is 24. The summed E-state index contributed by atoms with van der Waals surface area (Å²) in [7, 11) is 16.2. The summed E-state index contributed by atoms with van der Waals surface area (Å²) in [5.41, 5.74) is 20.8. The van der Waals surface area contributed by atoms with Crippen LogP contribution in [0.2, 0.25) is 0 Å². The van der Waals surface area contributed by atoms with E-state index in [1.807, 2.05) is 277 Å². The Morgan fingerprint density at radius 1 is 0.152 bits per heavy atom. The lowest BCUT2D eigenvalue weighted by Gasteiger charge is -1.95. The second-order valence-corrected chi connectivity index (χ2v) is 26.6. The molecule has 0 aliphatic rings. The van der Waals surface area contributed by atoms with Gasteiger partial charge in [-0.1, -0.05) is 0 Å². The third kappa shape index (κ3) is 12.6. The fraction of sp³-hybridized carbons (Fsp3) is 0.0909. The molecule has 24 heterocycles. The van der Waals surface area contributed by atoms with Crippen LogP contribution in [0.1, 0.15) is 0 Å². The van der Waals surface area contributed by atoms with Gasteiger partial charge in [0.25, 0.3) is 0 Å². The van der Waals surface area contributed by atoms with Gasteiger partial charge in [0.1, 0.15) is 33.6 Å². The molecule has 0 atom stereocenters. The predicted molar refractivity (Wildman–Crippen MR) is 448 cm³/mol. The van der Waals surface area contributed by atoms with E-state index in [-0.39, 0.29) is 0 Å². The zero-order chi connectivity index (χ0) is 76.3. The van der Waals surface area contributed by atoms with Crippen molar-refractivity contribution in [3.05, 3.63) is 294 Å². The van der Waals surface area contributed by atoms with Crippen LogP contribution in [-0.4, -0.2) is 116 Å². The van der Waals surface area contributed by atoms with Crippen molar-refractivity contribution in [1.82, 2.24) is 116 Å². The van der Waals surface area contributed by atoms with E-state index in [0.717, 1.165) is 110 Å². The summed E-state index contributed by atoms with van der Waals surface area (Å²) in [5, 5.41) is 15.5. The number of fused-ring (bicyclic) bond motifs is 24. The lowest BCUT2D eigenvalue weighted by molar-refractivity contribution is 0.985. The van der Waals surface area contributed by atoms with E-state index in [4.69, 9.17) is 0 Å². The summed E-state index contributed by atoms with van der Waals surface area (Å²) in [5.74, 6) is 0. The third-order valence-electron chi connectivity index (χ3n) is 20.5. The van der Waals surface area contributed by atoms with Gasteiger partial charge >= 0.3 is 0 Å². The van der Waals surface area contributed by atoms with Gasteiger partial charge in [-0.15, -0.1) is 0 Å². The second kappa shape index (κ2) is 30.2. The number of hydrogen-bond donors (Lipinski definition) is 0. The summed E-state index contributed by atoms with van der Waals surface area (Å²) in [6, 6.07) is 46.4. The molecule has 0 radical (unpaired) electrons. The molecule has 0 spiro atoms. The van der Waals surface area contributed by atoms with Crippen LogP contribution in [0, 0.1) is 0 Å². The Morgan fingerprint density at radius 2 is 0.366 bits per heavy atom. The van der Waals surface area contributed by atoms with Crippen LogP contribution in [0.25, 0.3) is 175 Å². The van der Waals surface area contributed by atoms with Gasteiger partial charge < -0.3 is 36.5 Å². The van der Waals surface area contributed by atoms with Crippen molar-refractivity contribution in [3.8, 4) is 0 Å². The minimum Gasteiger partial charge on any atom is -0.343 e. The molecular formula is C88H72N24. The maximum absolute atomic E-state index is 4.37. The number of nitrogens with zero attached hydrogens (tertiary/aromatic N) is 24. The second-order valence-electron chi connectivity index (χ2n) is 26.6. The lowest BCUT2D eigenvalue weighted by Crippen LogP contribution is -1.88. The molecule has 24 nitrogen and oxygen atoms in total. The molecular weight excluding hydrogens is 1390 g/mol. The molecule has 0 unspecified atom stereocenters. The first-order chi connectivity index (χ1) is 55.0. The highest BCUT2D eigenvalue weighted by atomic mass is 15.1. The Kier molecular flexibility index (Phi) is 18.8. The number of aryl methyl sites for hydroxylation is 8. The van der Waals surface area contributed by atoms with Gasteiger partial charge in [-0.05, 0) is 140 Å². The van der Waals surface area contributed by atoms with Gasteiger partial charge in [-0.2, -0.15) is 0 Å². The van der Waals surface area contributed by atoms with Gasteiger partial charge in [0.2, 0.25) is 0 Å². The molecule has 0 N–H and O–H groups in total. The van der Waals surface area contributed by atoms with Crippen LogP contribution < -0.4 is 0 Å². The summed E-state index contributed by atoms with van der Waals surface area (Å²) < 4.78 is 16.8. The lowest BCUT2D eigenvalue weighted by atomic mass is 10.2. The molecule has 24 aromatic heterocycles. The topological polar surface area (TPSA) is 246 Å². The van der Waals surface area contributed by atoms with E-state index in [9.17, 15) is 0 Å². The van der Waals surface area contributed by atoms with E-state index in [1.54, 1.807) is 24.8 Å². The Bertz CT molecular complexity index is 5800. The summed E-state index contributed by atoms with van der Waals surface area (Å²) >= 11 is 0. The molecule has 0 amide bonds. The van der Waals surface area contributed by atoms with Crippen LogP contribution in [0.15, 0.2) is 294 Å². The predicted octanol–water partition coefficient (Wildman–Crippen LogP) is 17.0. The first-order valence-electron chi connectivity index (χ1n) is 36.1. The smallest absolute Gasteiger partial charge is 0.142 e. The largest absolute Gasteiger partial charge is 0.343 e. The maximum Gasteiger partial charge on any atom is 0.142 e. The van der Waals surface area contributed by atoms with Crippen molar-refractivity contribution < 1.29 is 0 Å². The maximum atomic E-state index is 4.37. The van der Waals surface area contributed by atoms with E-state index < -0.39 is 0 Å². The SMILES string of the molecule is Cn1c2cccnc2c2cccnc21.Cn1c2cccnc2c2ncccc21.Cn1c2ccncc2c2cccnc21.Cn1c2ccncc2c2ccncc21.Cn1c2ccncc2c2cnccc21.Cn1c2cnccc2c2cccnc21.Cn1c2cnccc2c2cccnc21.Cn1c2cnccc2c2ccncc21. The first kappa shape index (κ1) is 69.8.